The summed E-state index contributed by atoms with van der Waals surface area (Å²) in [5, 5.41) is 0. The minimum absolute atomic E-state index is 0.631. The third-order valence-corrected chi connectivity index (χ3v) is 2.57. The first kappa shape index (κ1) is 15.2. The summed E-state index contributed by atoms with van der Waals surface area (Å²) >= 11 is 0. The van der Waals surface area contributed by atoms with E-state index in [1.165, 1.54) is 24.0 Å². The maximum Gasteiger partial charge on any atom is 0.0112 e. The van der Waals surface area contributed by atoms with E-state index in [1.54, 1.807) is 0 Å². The average Bonchev–Trinajstić information content (AvgIpc) is 2.17. The molecule has 92 valence electrons. The van der Waals surface area contributed by atoms with E-state index in [-0.39, 0.29) is 0 Å². The summed E-state index contributed by atoms with van der Waals surface area (Å²) in [7, 11) is 0. The molecule has 0 aliphatic carbocycles. The monoisotopic (exact) mass is 221 g/mol. The number of hydrogen-bond donors (Lipinski definition) is 1. The molecule has 0 aromatic carbocycles. The zero-order valence-corrected chi connectivity index (χ0v) is 11.3. The van der Waals surface area contributed by atoms with Crippen LogP contribution in [0.15, 0.2) is 35.5 Å². The van der Waals surface area contributed by atoms with Gasteiger partial charge in [-0.05, 0) is 46.0 Å². The Bertz CT molecular complexity index is 255. The van der Waals surface area contributed by atoms with Crippen molar-refractivity contribution in [3.05, 3.63) is 35.5 Å². The fourth-order valence-electron chi connectivity index (χ4n) is 1.51. The number of nitrogens with two attached hydrogens (primary N) is 1. The van der Waals surface area contributed by atoms with Crippen molar-refractivity contribution in [1.82, 2.24) is 0 Å². The molecule has 2 N–H and O–H groups in total. The van der Waals surface area contributed by atoms with E-state index >= 15 is 0 Å². The Labute approximate surface area is 101 Å². The SMILES string of the molecule is CC(C)=CCCC(C)C/C=C/C(C)=C/CN. The highest BCUT2D eigenvalue weighted by Gasteiger charge is 1.97. The minimum Gasteiger partial charge on any atom is -0.327 e. The Hall–Kier alpha value is -0.820. The van der Waals surface area contributed by atoms with Gasteiger partial charge in [-0.2, -0.15) is 0 Å². The second-order valence-corrected chi connectivity index (χ2v) is 4.79. The fourth-order valence-corrected chi connectivity index (χ4v) is 1.51. The van der Waals surface area contributed by atoms with Crippen LogP contribution in [0.25, 0.3) is 0 Å². The van der Waals surface area contributed by atoms with Crippen molar-refractivity contribution in [2.45, 2.75) is 47.0 Å². The van der Waals surface area contributed by atoms with Crippen LogP contribution in [-0.2, 0) is 0 Å². The van der Waals surface area contributed by atoms with Crippen LogP contribution in [-0.4, -0.2) is 6.54 Å². The molecule has 0 aromatic rings. The van der Waals surface area contributed by atoms with Crippen molar-refractivity contribution >= 4 is 0 Å². The second kappa shape index (κ2) is 9.41. The third-order valence-electron chi connectivity index (χ3n) is 2.57. The normalized spacial score (nSPS) is 14.2. The van der Waals surface area contributed by atoms with Crippen molar-refractivity contribution in [2.75, 3.05) is 6.54 Å². The average molecular weight is 221 g/mol. The predicted molar refractivity (Wildman–Crippen MR) is 74.4 cm³/mol. The highest BCUT2D eigenvalue weighted by atomic mass is 14.5. The van der Waals surface area contributed by atoms with Gasteiger partial charge in [-0.3, -0.25) is 0 Å². The van der Waals surface area contributed by atoms with Crippen molar-refractivity contribution in [3.63, 3.8) is 0 Å². The van der Waals surface area contributed by atoms with Gasteiger partial charge in [0, 0.05) is 6.54 Å². The number of rotatable bonds is 7. The highest BCUT2D eigenvalue weighted by Crippen LogP contribution is 2.12. The largest absolute Gasteiger partial charge is 0.327 e. The maximum atomic E-state index is 5.44. The van der Waals surface area contributed by atoms with Crippen molar-refractivity contribution in [1.29, 1.82) is 0 Å². The quantitative estimate of drug-likeness (QED) is 0.505. The van der Waals surface area contributed by atoms with Crippen LogP contribution in [0.3, 0.4) is 0 Å². The number of hydrogen-bond acceptors (Lipinski definition) is 1. The zero-order chi connectivity index (χ0) is 12.4. The second-order valence-electron chi connectivity index (χ2n) is 4.79. The van der Waals surface area contributed by atoms with Gasteiger partial charge in [-0.25, -0.2) is 0 Å². The molecule has 1 nitrogen and oxygen atoms in total. The Morgan fingerprint density at radius 2 is 1.88 bits per heavy atom. The summed E-state index contributed by atoms with van der Waals surface area (Å²) in [6, 6.07) is 0. The maximum absolute atomic E-state index is 5.44. The van der Waals surface area contributed by atoms with Crippen LogP contribution in [0.1, 0.15) is 47.0 Å². The smallest absolute Gasteiger partial charge is 0.0112 e. The van der Waals surface area contributed by atoms with Crippen LogP contribution in [0.2, 0.25) is 0 Å². The molecule has 0 saturated heterocycles. The predicted octanol–water partition coefficient (Wildman–Crippen LogP) is 4.22. The van der Waals surface area contributed by atoms with Gasteiger partial charge in [0.2, 0.25) is 0 Å². The molecule has 16 heavy (non-hydrogen) atoms. The zero-order valence-electron chi connectivity index (χ0n) is 11.3. The molecule has 0 aliphatic rings. The van der Waals surface area contributed by atoms with Crippen LogP contribution in [0.5, 0.6) is 0 Å². The Kier molecular flexibility index (Phi) is 8.93. The first-order valence-corrected chi connectivity index (χ1v) is 6.23. The Balaban J connectivity index is 3.76. The summed E-state index contributed by atoms with van der Waals surface area (Å²) < 4.78 is 0. The van der Waals surface area contributed by atoms with E-state index in [1.807, 2.05) is 6.08 Å². The summed E-state index contributed by atoms with van der Waals surface area (Å²) in [5.74, 6) is 0.762. The molecule has 0 radical (unpaired) electrons. The van der Waals surface area contributed by atoms with Crippen LogP contribution >= 0.6 is 0 Å². The van der Waals surface area contributed by atoms with Gasteiger partial charge in [0.25, 0.3) is 0 Å². The molecule has 0 aliphatic heterocycles. The van der Waals surface area contributed by atoms with Gasteiger partial charge in [-0.1, -0.05) is 42.4 Å². The molecule has 1 heteroatoms. The van der Waals surface area contributed by atoms with E-state index < -0.39 is 0 Å². The van der Waals surface area contributed by atoms with Gasteiger partial charge in [0.1, 0.15) is 0 Å². The van der Waals surface area contributed by atoms with Crippen molar-refractivity contribution < 1.29 is 0 Å². The molecule has 0 spiro atoms. The first-order valence-electron chi connectivity index (χ1n) is 6.23. The first-order chi connectivity index (χ1) is 7.56. The molecular formula is C15H27N. The summed E-state index contributed by atoms with van der Waals surface area (Å²) in [5.41, 5.74) is 8.12. The standard InChI is InChI=1S/C15H27N/c1-13(2)7-5-8-14(3)9-6-10-15(4)11-12-16/h6-7,10-11,14H,5,8-9,12,16H2,1-4H3/b10-6+,15-11+. The molecular weight excluding hydrogens is 194 g/mol. The summed E-state index contributed by atoms with van der Waals surface area (Å²) in [6.45, 7) is 9.35. The van der Waals surface area contributed by atoms with Gasteiger partial charge in [-0.15, -0.1) is 0 Å². The van der Waals surface area contributed by atoms with E-state index in [0.29, 0.717) is 6.54 Å². The van der Waals surface area contributed by atoms with Gasteiger partial charge in [0.05, 0.1) is 0 Å². The lowest BCUT2D eigenvalue weighted by Gasteiger charge is -2.06. The molecule has 0 bridgehead atoms. The summed E-state index contributed by atoms with van der Waals surface area (Å²) in [6.07, 6.45) is 12.4. The molecule has 1 atom stereocenters. The Morgan fingerprint density at radius 1 is 1.19 bits per heavy atom. The molecule has 0 rings (SSSR count). The van der Waals surface area contributed by atoms with Crippen LogP contribution in [0, 0.1) is 5.92 Å². The van der Waals surface area contributed by atoms with Gasteiger partial charge >= 0.3 is 0 Å². The lowest BCUT2D eigenvalue weighted by molar-refractivity contribution is 0.545. The van der Waals surface area contributed by atoms with Crippen LogP contribution < -0.4 is 5.73 Å². The van der Waals surface area contributed by atoms with Crippen LogP contribution in [0.4, 0.5) is 0 Å². The van der Waals surface area contributed by atoms with E-state index in [9.17, 15) is 0 Å². The van der Waals surface area contributed by atoms with Gasteiger partial charge in [0.15, 0.2) is 0 Å². The van der Waals surface area contributed by atoms with Crippen molar-refractivity contribution in [2.24, 2.45) is 11.7 Å². The molecule has 0 saturated carbocycles. The topological polar surface area (TPSA) is 26.0 Å². The lowest BCUT2D eigenvalue weighted by Crippen LogP contribution is -1.94. The third kappa shape index (κ3) is 9.72. The van der Waals surface area contributed by atoms with E-state index in [0.717, 1.165) is 12.3 Å². The molecule has 1 unspecified atom stereocenters. The molecule has 0 aromatic heterocycles. The van der Waals surface area contributed by atoms with Gasteiger partial charge < -0.3 is 5.73 Å². The highest BCUT2D eigenvalue weighted by molar-refractivity contribution is 5.16. The summed E-state index contributed by atoms with van der Waals surface area (Å²) in [4.78, 5) is 0. The van der Waals surface area contributed by atoms with E-state index in [4.69, 9.17) is 5.73 Å². The fraction of sp³-hybridized carbons (Fsp3) is 0.600. The van der Waals surface area contributed by atoms with E-state index in [2.05, 4.69) is 45.9 Å². The number of allylic oxidation sites excluding steroid dienone is 5. The molecule has 0 fully saturated rings. The van der Waals surface area contributed by atoms with Crippen molar-refractivity contribution in [3.8, 4) is 0 Å². The minimum atomic E-state index is 0.631. The lowest BCUT2D eigenvalue weighted by atomic mass is 10.0. The molecule has 0 heterocycles. The molecule has 0 amide bonds. The Morgan fingerprint density at radius 3 is 2.44 bits per heavy atom.